The standard InChI is InChI=1S/C26H29FN2O3S2/c1-20-4-12-24(13-5-20)29(34(31,32)25-14-6-21(2)7-15-25)18-26(30)28-16-3-17-33-19-22-8-10-23(27)11-9-22/h4-15H,3,16-19H2,1-2H3,(H,28,30). The van der Waals surface area contributed by atoms with E-state index in [1.165, 1.54) is 12.1 Å². The zero-order chi connectivity index (χ0) is 24.6. The minimum absolute atomic E-state index is 0.142. The molecule has 8 heteroatoms. The number of halogens is 1. The van der Waals surface area contributed by atoms with E-state index in [1.807, 2.05) is 26.0 Å². The van der Waals surface area contributed by atoms with Crippen LogP contribution in [0.4, 0.5) is 10.1 Å². The number of hydrogen-bond acceptors (Lipinski definition) is 4. The quantitative estimate of drug-likeness (QED) is 0.373. The van der Waals surface area contributed by atoms with Gasteiger partial charge in [-0.2, -0.15) is 11.8 Å². The van der Waals surface area contributed by atoms with Crippen LogP contribution in [0.15, 0.2) is 77.7 Å². The van der Waals surface area contributed by atoms with Gasteiger partial charge < -0.3 is 5.32 Å². The van der Waals surface area contributed by atoms with Crippen LogP contribution >= 0.6 is 11.8 Å². The molecule has 0 spiro atoms. The molecule has 0 aromatic heterocycles. The number of thioether (sulfide) groups is 1. The number of sulfonamides is 1. The van der Waals surface area contributed by atoms with Crippen molar-refractivity contribution in [2.24, 2.45) is 0 Å². The average molecular weight is 501 g/mol. The second-order valence-electron chi connectivity index (χ2n) is 8.04. The van der Waals surface area contributed by atoms with Gasteiger partial charge in [0.15, 0.2) is 0 Å². The van der Waals surface area contributed by atoms with Crippen LogP contribution in [0.25, 0.3) is 0 Å². The Morgan fingerprint density at radius 3 is 2.12 bits per heavy atom. The van der Waals surface area contributed by atoms with Gasteiger partial charge in [-0.05, 0) is 68.0 Å². The molecule has 0 unspecified atom stereocenters. The minimum atomic E-state index is -3.91. The van der Waals surface area contributed by atoms with E-state index in [1.54, 1.807) is 60.3 Å². The molecule has 34 heavy (non-hydrogen) atoms. The number of carbonyl (C=O) groups excluding carboxylic acids is 1. The van der Waals surface area contributed by atoms with Crippen molar-refractivity contribution in [3.8, 4) is 0 Å². The smallest absolute Gasteiger partial charge is 0.264 e. The van der Waals surface area contributed by atoms with Gasteiger partial charge in [0.25, 0.3) is 10.0 Å². The predicted octanol–water partition coefficient (Wildman–Crippen LogP) is 5.08. The van der Waals surface area contributed by atoms with E-state index < -0.39 is 10.0 Å². The molecule has 1 N–H and O–H groups in total. The lowest BCUT2D eigenvalue weighted by Gasteiger charge is -2.24. The summed E-state index contributed by atoms with van der Waals surface area (Å²) in [6.07, 6.45) is 0.743. The number of benzene rings is 3. The van der Waals surface area contributed by atoms with E-state index >= 15 is 0 Å². The van der Waals surface area contributed by atoms with Gasteiger partial charge in [0, 0.05) is 12.3 Å². The zero-order valence-corrected chi connectivity index (χ0v) is 21.0. The number of carbonyl (C=O) groups is 1. The molecule has 5 nitrogen and oxygen atoms in total. The fourth-order valence-corrected chi connectivity index (χ4v) is 5.56. The van der Waals surface area contributed by atoms with Crippen molar-refractivity contribution >= 4 is 33.4 Å². The Balaban J connectivity index is 1.57. The SMILES string of the molecule is Cc1ccc(N(CC(=O)NCCCSCc2ccc(F)cc2)S(=O)(=O)c2ccc(C)cc2)cc1. The maximum absolute atomic E-state index is 13.4. The summed E-state index contributed by atoms with van der Waals surface area (Å²) in [4.78, 5) is 12.8. The number of rotatable bonds is 11. The van der Waals surface area contributed by atoms with E-state index in [0.29, 0.717) is 12.2 Å². The molecule has 3 aromatic rings. The molecular formula is C26H29FN2O3S2. The molecule has 0 aliphatic heterocycles. The Kier molecular flexibility index (Phi) is 9.12. The largest absolute Gasteiger partial charge is 0.354 e. The number of nitrogens with zero attached hydrogens (tertiary/aromatic N) is 1. The molecule has 0 bridgehead atoms. The van der Waals surface area contributed by atoms with Crippen LogP contribution in [0.3, 0.4) is 0 Å². The van der Waals surface area contributed by atoms with Gasteiger partial charge in [-0.1, -0.05) is 47.5 Å². The lowest BCUT2D eigenvalue weighted by atomic mass is 10.2. The number of anilines is 1. The molecule has 0 saturated heterocycles. The van der Waals surface area contributed by atoms with Gasteiger partial charge in [-0.3, -0.25) is 9.10 Å². The first-order valence-electron chi connectivity index (χ1n) is 11.0. The topological polar surface area (TPSA) is 66.5 Å². The van der Waals surface area contributed by atoms with E-state index in [2.05, 4.69) is 5.32 Å². The van der Waals surface area contributed by atoms with Crippen LogP contribution in [0, 0.1) is 19.7 Å². The summed E-state index contributed by atoms with van der Waals surface area (Å²) in [7, 11) is -3.91. The third kappa shape index (κ3) is 7.33. The van der Waals surface area contributed by atoms with Crippen molar-refractivity contribution < 1.29 is 17.6 Å². The highest BCUT2D eigenvalue weighted by atomic mass is 32.2. The minimum Gasteiger partial charge on any atom is -0.354 e. The molecule has 0 heterocycles. The third-order valence-electron chi connectivity index (χ3n) is 5.19. The maximum atomic E-state index is 13.4. The normalized spacial score (nSPS) is 11.3. The first kappa shape index (κ1) is 25.8. The fraction of sp³-hybridized carbons (Fsp3) is 0.269. The van der Waals surface area contributed by atoms with Crippen molar-refractivity contribution in [3.05, 3.63) is 95.3 Å². The first-order valence-corrected chi connectivity index (χ1v) is 13.6. The number of hydrogen-bond donors (Lipinski definition) is 1. The van der Waals surface area contributed by atoms with Gasteiger partial charge >= 0.3 is 0 Å². The second-order valence-corrected chi connectivity index (χ2v) is 11.0. The number of nitrogens with one attached hydrogen (secondary N) is 1. The number of aryl methyl sites for hydroxylation is 2. The third-order valence-corrected chi connectivity index (χ3v) is 8.09. The summed E-state index contributed by atoms with van der Waals surface area (Å²) in [5.74, 6) is 0.978. The van der Waals surface area contributed by atoms with Crippen LogP contribution < -0.4 is 9.62 Å². The summed E-state index contributed by atoms with van der Waals surface area (Å²) in [5.41, 5.74) is 3.44. The van der Waals surface area contributed by atoms with E-state index in [-0.39, 0.29) is 23.2 Å². The van der Waals surface area contributed by atoms with Crippen LogP contribution in [-0.4, -0.2) is 33.2 Å². The fourth-order valence-electron chi connectivity index (χ4n) is 3.22. The molecule has 180 valence electrons. The van der Waals surface area contributed by atoms with E-state index in [9.17, 15) is 17.6 Å². The highest BCUT2D eigenvalue weighted by Crippen LogP contribution is 2.24. The Morgan fingerprint density at radius 2 is 1.50 bits per heavy atom. The molecule has 0 saturated carbocycles. The van der Waals surface area contributed by atoms with Gasteiger partial charge in [0.1, 0.15) is 12.4 Å². The van der Waals surface area contributed by atoms with Crippen molar-refractivity contribution in [1.29, 1.82) is 0 Å². The molecule has 3 rings (SSSR count). The Hall–Kier alpha value is -2.84. The monoisotopic (exact) mass is 500 g/mol. The van der Waals surface area contributed by atoms with Crippen molar-refractivity contribution in [2.45, 2.75) is 30.9 Å². The number of amides is 1. The first-order chi connectivity index (χ1) is 16.3. The molecule has 0 radical (unpaired) electrons. The molecule has 0 aliphatic carbocycles. The van der Waals surface area contributed by atoms with Gasteiger partial charge in [0.2, 0.25) is 5.91 Å². The Bertz CT molecular complexity index is 1180. The predicted molar refractivity (Wildman–Crippen MR) is 137 cm³/mol. The zero-order valence-electron chi connectivity index (χ0n) is 19.3. The van der Waals surface area contributed by atoms with Crippen molar-refractivity contribution in [1.82, 2.24) is 5.32 Å². The summed E-state index contributed by atoms with van der Waals surface area (Å²) in [6.45, 7) is 3.95. The summed E-state index contributed by atoms with van der Waals surface area (Å²) >= 11 is 1.70. The molecule has 0 fully saturated rings. The van der Waals surface area contributed by atoms with Crippen LogP contribution in [0.5, 0.6) is 0 Å². The highest BCUT2D eigenvalue weighted by molar-refractivity contribution is 7.98. The Labute approximate surface area is 205 Å². The van der Waals surface area contributed by atoms with Crippen molar-refractivity contribution in [2.75, 3.05) is 23.1 Å². The Morgan fingerprint density at radius 1 is 0.912 bits per heavy atom. The lowest BCUT2D eigenvalue weighted by molar-refractivity contribution is -0.119. The molecule has 3 aromatic carbocycles. The molecule has 0 atom stereocenters. The van der Waals surface area contributed by atoms with Crippen LogP contribution in [0.2, 0.25) is 0 Å². The average Bonchev–Trinajstić information content (AvgIpc) is 2.82. The van der Waals surface area contributed by atoms with E-state index in [0.717, 1.165) is 38.9 Å². The lowest BCUT2D eigenvalue weighted by Crippen LogP contribution is -2.41. The van der Waals surface area contributed by atoms with E-state index in [4.69, 9.17) is 0 Å². The summed E-state index contributed by atoms with van der Waals surface area (Å²) in [6, 6.07) is 20.1. The summed E-state index contributed by atoms with van der Waals surface area (Å²) < 4.78 is 40.8. The van der Waals surface area contributed by atoms with Crippen LogP contribution in [-0.2, 0) is 20.6 Å². The highest BCUT2D eigenvalue weighted by Gasteiger charge is 2.27. The van der Waals surface area contributed by atoms with Gasteiger partial charge in [-0.15, -0.1) is 0 Å². The van der Waals surface area contributed by atoms with Gasteiger partial charge in [0.05, 0.1) is 10.6 Å². The molecule has 0 aliphatic rings. The molecular weight excluding hydrogens is 471 g/mol. The van der Waals surface area contributed by atoms with Crippen LogP contribution in [0.1, 0.15) is 23.1 Å². The summed E-state index contributed by atoms with van der Waals surface area (Å²) in [5, 5.41) is 2.83. The van der Waals surface area contributed by atoms with Gasteiger partial charge in [-0.25, -0.2) is 12.8 Å². The molecule has 1 amide bonds. The van der Waals surface area contributed by atoms with Crippen molar-refractivity contribution in [3.63, 3.8) is 0 Å². The maximum Gasteiger partial charge on any atom is 0.264 e. The second kappa shape index (κ2) is 12.0.